The minimum absolute atomic E-state index is 0.168. The molecule has 0 atom stereocenters. The maximum absolute atomic E-state index is 12.5. The van der Waals surface area contributed by atoms with Gasteiger partial charge in [0.05, 0.1) is 23.8 Å². The third-order valence-corrected chi connectivity index (χ3v) is 4.14. The summed E-state index contributed by atoms with van der Waals surface area (Å²) in [5.74, 6) is -0.753. The SMILES string of the molecule is CCOC(=O)c1ccc(NC(=O)/C(C#N)=C/c2cc(Cl)cc(Cl)c2OCC)cc1. The van der Waals surface area contributed by atoms with Crippen LogP contribution in [0.25, 0.3) is 6.08 Å². The first kappa shape index (κ1) is 22.3. The normalized spacial score (nSPS) is 10.8. The quantitative estimate of drug-likeness (QED) is 0.372. The number of benzene rings is 2. The Hall–Kier alpha value is -3.01. The summed E-state index contributed by atoms with van der Waals surface area (Å²) in [7, 11) is 0. The molecule has 1 N–H and O–H groups in total. The molecule has 0 bridgehead atoms. The fourth-order valence-corrected chi connectivity index (χ4v) is 2.95. The zero-order chi connectivity index (χ0) is 21.4. The molecule has 0 saturated heterocycles. The Bertz CT molecular complexity index is 979. The molecule has 0 saturated carbocycles. The first-order chi connectivity index (χ1) is 13.9. The van der Waals surface area contributed by atoms with Crippen molar-refractivity contribution in [2.24, 2.45) is 0 Å². The van der Waals surface area contributed by atoms with Gasteiger partial charge in [-0.1, -0.05) is 23.2 Å². The van der Waals surface area contributed by atoms with Gasteiger partial charge in [0, 0.05) is 16.3 Å². The number of hydrogen-bond acceptors (Lipinski definition) is 5. The van der Waals surface area contributed by atoms with Gasteiger partial charge in [0.25, 0.3) is 5.91 Å². The van der Waals surface area contributed by atoms with Gasteiger partial charge < -0.3 is 14.8 Å². The molecule has 2 aromatic carbocycles. The van der Waals surface area contributed by atoms with Crippen LogP contribution in [0.4, 0.5) is 5.69 Å². The third kappa shape index (κ3) is 5.98. The highest BCUT2D eigenvalue weighted by atomic mass is 35.5. The number of nitrogens with zero attached hydrogens (tertiary/aromatic N) is 1. The topological polar surface area (TPSA) is 88.4 Å². The smallest absolute Gasteiger partial charge is 0.338 e. The number of anilines is 1. The zero-order valence-electron chi connectivity index (χ0n) is 15.8. The second-order valence-electron chi connectivity index (χ2n) is 5.66. The van der Waals surface area contributed by atoms with Gasteiger partial charge in [-0.25, -0.2) is 4.79 Å². The van der Waals surface area contributed by atoms with Gasteiger partial charge in [-0.05, 0) is 56.3 Å². The molecular weight excluding hydrogens is 415 g/mol. The monoisotopic (exact) mass is 432 g/mol. The van der Waals surface area contributed by atoms with Gasteiger partial charge in [0.2, 0.25) is 0 Å². The van der Waals surface area contributed by atoms with E-state index in [2.05, 4.69) is 5.32 Å². The average molecular weight is 433 g/mol. The van der Waals surface area contributed by atoms with Crippen LogP contribution in [0.3, 0.4) is 0 Å². The van der Waals surface area contributed by atoms with Crippen LogP contribution in [0.2, 0.25) is 10.0 Å². The second kappa shape index (κ2) is 10.5. The van der Waals surface area contributed by atoms with Crippen molar-refractivity contribution in [2.75, 3.05) is 18.5 Å². The van der Waals surface area contributed by atoms with E-state index in [1.54, 1.807) is 32.0 Å². The van der Waals surface area contributed by atoms with Crippen molar-refractivity contribution in [2.45, 2.75) is 13.8 Å². The van der Waals surface area contributed by atoms with Gasteiger partial charge in [-0.15, -0.1) is 0 Å². The number of nitriles is 1. The molecule has 0 fully saturated rings. The summed E-state index contributed by atoms with van der Waals surface area (Å²) in [5.41, 5.74) is 1.02. The highest BCUT2D eigenvalue weighted by Gasteiger charge is 2.15. The predicted molar refractivity (Wildman–Crippen MR) is 112 cm³/mol. The van der Waals surface area contributed by atoms with E-state index in [1.165, 1.54) is 24.3 Å². The highest BCUT2D eigenvalue weighted by molar-refractivity contribution is 6.36. The summed E-state index contributed by atoms with van der Waals surface area (Å²) >= 11 is 12.2. The molecule has 0 heterocycles. The molecule has 29 heavy (non-hydrogen) atoms. The van der Waals surface area contributed by atoms with Crippen molar-refractivity contribution in [1.82, 2.24) is 0 Å². The molecule has 0 aromatic heterocycles. The standard InChI is InChI=1S/C21H18Cl2N2O4/c1-3-28-19-14(10-16(22)11-18(19)23)9-15(12-24)20(26)25-17-7-5-13(6-8-17)21(27)29-4-2/h5-11H,3-4H2,1-2H3,(H,25,26)/b15-9+. The number of rotatable bonds is 7. The summed E-state index contributed by atoms with van der Waals surface area (Å²) in [6.07, 6.45) is 1.35. The summed E-state index contributed by atoms with van der Waals surface area (Å²) in [5, 5.41) is 12.6. The van der Waals surface area contributed by atoms with Crippen LogP contribution in [-0.4, -0.2) is 25.1 Å². The molecule has 2 aromatic rings. The maximum Gasteiger partial charge on any atom is 0.338 e. The lowest BCUT2D eigenvalue weighted by atomic mass is 10.1. The first-order valence-corrected chi connectivity index (χ1v) is 9.47. The third-order valence-electron chi connectivity index (χ3n) is 3.64. The van der Waals surface area contributed by atoms with Gasteiger partial charge in [-0.3, -0.25) is 4.79 Å². The zero-order valence-corrected chi connectivity index (χ0v) is 17.3. The fourth-order valence-electron chi connectivity index (χ4n) is 2.39. The minimum Gasteiger partial charge on any atom is -0.492 e. The largest absolute Gasteiger partial charge is 0.492 e. The molecule has 6 nitrogen and oxygen atoms in total. The Morgan fingerprint density at radius 3 is 2.41 bits per heavy atom. The molecule has 0 spiro atoms. The molecule has 0 aliphatic carbocycles. The lowest BCUT2D eigenvalue weighted by molar-refractivity contribution is -0.112. The van der Waals surface area contributed by atoms with E-state index >= 15 is 0 Å². The molecular formula is C21H18Cl2N2O4. The summed E-state index contributed by atoms with van der Waals surface area (Å²) in [6.45, 7) is 4.12. The molecule has 0 aliphatic heterocycles. The number of nitrogens with one attached hydrogen (secondary N) is 1. The Morgan fingerprint density at radius 1 is 1.14 bits per heavy atom. The molecule has 0 radical (unpaired) electrons. The number of carbonyl (C=O) groups excluding carboxylic acids is 2. The molecule has 0 aliphatic rings. The fraction of sp³-hybridized carbons (Fsp3) is 0.190. The summed E-state index contributed by atoms with van der Waals surface area (Å²) < 4.78 is 10.4. The molecule has 0 unspecified atom stereocenters. The van der Waals surface area contributed by atoms with Crippen LogP contribution in [0.5, 0.6) is 5.75 Å². The van der Waals surface area contributed by atoms with E-state index in [0.717, 1.165) is 0 Å². The summed E-state index contributed by atoms with van der Waals surface area (Å²) in [4.78, 5) is 24.2. The lowest BCUT2D eigenvalue weighted by Gasteiger charge is -2.11. The van der Waals surface area contributed by atoms with Gasteiger partial charge in [0.15, 0.2) is 0 Å². The number of ether oxygens (including phenoxy) is 2. The number of esters is 1. The Kier molecular flexibility index (Phi) is 8.08. The number of halogens is 2. The first-order valence-electron chi connectivity index (χ1n) is 8.71. The van der Waals surface area contributed by atoms with Crippen LogP contribution < -0.4 is 10.1 Å². The van der Waals surface area contributed by atoms with Gasteiger partial charge >= 0.3 is 5.97 Å². The second-order valence-corrected chi connectivity index (χ2v) is 6.50. The minimum atomic E-state index is -0.630. The maximum atomic E-state index is 12.5. The molecule has 1 amide bonds. The van der Waals surface area contributed by atoms with Gasteiger partial charge in [0.1, 0.15) is 17.4 Å². The van der Waals surface area contributed by atoms with Crippen LogP contribution in [0.1, 0.15) is 29.8 Å². The Labute approximate surface area is 178 Å². The molecule has 2 rings (SSSR count). The predicted octanol–water partition coefficient (Wildman–Crippen LogP) is 5.11. The van der Waals surface area contributed by atoms with Crippen LogP contribution in [0.15, 0.2) is 42.0 Å². The number of amides is 1. The van der Waals surface area contributed by atoms with Crippen LogP contribution >= 0.6 is 23.2 Å². The highest BCUT2D eigenvalue weighted by Crippen LogP contribution is 2.34. The average Bonchev–Trinajstić information content (AvgIpc) is 2.69. The van der Waals surface area contributed by atoms with E-state index in [1.807, 2.05) is 6.07 Å². The van der Waals surface area contributed by atoms with E-state index in [-0.39, 0.29) is 17.2 Å². The van der Waals surface area contributed by atoms with Crippen LogP contribution in [0, 0.1) is 11.3 Å². The molecule has 150 valence electrons. The number of hydrogen-bond donors (Lipinski definition) is 1. The Balaban J connectivity index is 2.26. The van der Waals surface area contributed by atoms with Crippen molar-refractivity contribution in [3.8, 4) is 11.8 Å². The van der Waals surface area contributed by atoms with Gasteiger partial charge in [-0.2, -0.15) is 5.26 Å². The van der Waals surface area contributed by atoms with E-state index in [9.17, 15) is 14.9 Å². The number of carbonyl (C=O) groups is 2. The summed E-state index contributed by atoms with van der Waals surface area (Å²) in [6, 6.07) is 11.1. The van der Waals surface area contributed by atoms with E-state index in [0.29, 0.717) is 34.2 Å². The van der Waals surface area contributed by atoms with Crippen molar-refractivity contribution < 1.29 is 19.1 Å². The lowest BCUT2D eigenvalue weighted by Crippen LogP contribution is -2.14. The molecule has 8 heteroatoms. The van der Waals surface area contributed by atoms with Crippen molar-refractivity contribution in [3.63, 3.8) is 0 Å². The van der Waals surface area contributed by atoms with E-state index in [4.69, 9.17) is 32.7 Å². The van der Waals surface area contributed by atoms with Crippen molar-refractivity contribution in [3.05, 3.63) is 63.1 Å². The Morgan fingerprint density at radius 2 is 1.83 bits per heavy atom. The van der Waals surface area contributed by atoms with Crippen molar-refractivity contribution in [1.29, 1.82) is 5.26 Å². The van der Waals surface area contributed by atoms with E-state index < -0.39 is 11.9 Å². The van der Waals surface area contributed by atoms with Crippen LogP contribution in [-0.2, 0) is 9.53 Å². The van der Waals surface area contributed by atoms with Crippen molar-refractivity contribution >= 4 is 46.8 Å².